The number of hydrogen-bond donors (Lipinski definition) is 0. The minimum absolute atomic E-state index is 0.541. The molecule has 1 heterocycles. The molecule has 2 heteroatoms. The van der Waals surface area contributed by atoms with Crippen molar-refractivity contribution in [1.82, 2.24) is 4.90 Å². The third-order valence-corrected chi connectivity index (χ3v) is 3.06. The molecule has 1 aromatic rings. The Morgan fingerprint density at radius 1 is 1.33 bits per heavy atom. The Hall–Kier alpha value is -1.33. The van der Waals surface area contributed by atoms with Crippen LogP contribution in [0.3, 0.4) is 0 Å². The predicted molar refractivity (Wildman–Crippen MR) is 60.2 cm³/mol. The van der Waals surface area contributed by atoms with Gasteiger partial charge in [0.25, 0.3) is 0 Å². The maximum absolute atomic E-state index is 8.61. The molecular formula is C13H16N2. The van der Waals surface area contributed by atoms with E-state index in [1.807, 2.05) is 0 Å². The lowest BCUT2D eigenvalue weighted by Crippen LogP contribution is -2.24. The summed E-state index contributed by atoms with van der Waals surface area (Å²) in [7, 11) is 0. The third-order valence-electron chi connectivity index (χ3n) is 3.06. The van der Waals surface area contributed by atoms with Crippen LogP contribution in [0.1, 0.15) is 30.9 Å². The molecule has 1 fully saturated rings. The fourth-order valence-corrected chi connectivity index (χ4v) is 2.34. The highest BCUT2D eigenvalue weighted by molar-refractivity contribution is 5.19. The summed E-state index contributed by atoms with van der Waals surface area (Å²) in [4.78, 5) is 2.43. The van der Waals surface area contributed by atoms with Gasteiger partial charge in [-0.05, 0) is 24.9 Å². The SMILES string of the molecule is N#CCCN1CCCC1c1ccccc1. The Morgan fingerprint density at radius 3 is 2.87 bits per heavy atom. The normalized spacial score (nSPS) is 21.4. The zero-order valence-electron chi connectivity index (χ0n) is 8.89. The van der Waals surface area contributed by atoms with Crippen molar-refractivity contribution in [2.45, 2.75) is 25.3 Å². The molecule has 1 aromatic carbocycles. The van der Waals surface area contributed by atoms with Crippen LogP contribution in [0.2, 0.25) is 0 Å². The molecule has 1 unspecified atom stereocenters. The zero-order chi connectivity index (χ0) is 10.5. The van der Waals surface area contributed by atoms with Gasteiger partial charge >= 0.3 is 0 Å². The van der Waals surface area contributed by atoms with Gasteiger partial charge in [-0.25, -0.2) is 0 Å². The van der Waals surface area contributed by atoms with Crippen LogP contribution in [-0.4, -0.2) is 18.0 Å². The summed E-state index contributed by atoms with van der Waals surface area (Å²) in [6, 6.07) is 13.4. The summed E-state index contributed by atoms with van der Waals surface area (Å²) in [5, 5.41) is 8.61. The Balaban J connectivity index is 2.05. The Kier molecular flexibility index (Phi) is 3.37. The highest BCUT2D eigenvalue weighted by Gasteiger charge is 2.24. The second-order valence-electron chi connectivity index (χ2n) is 4.01. The van der Waals surface area contributed by atoms with Crippen molar-refractivity contribution < 1.29 is 0 Å². The standard InChI is InChI=1S/C13H16N2/c14-9-5-11-15-10-4-8-13(15)12-6-2-1-3-7-12/h1-3,6-7,13H,4-5,8,10-11H2. The highest BCUT2D eigenvalue weighted by Crippen LogP contribution is 2.31. The highest BCUT2D eigenvalue weighted by atomic mass is 15.2. The van der Waals surface area contributed by atoms with Crippen LogP contribution in [-0.2, 0) is 0 Å². The van der Waals surface area contributed by atoms with Crippen LogP contribution in [0.4, 0.5) is 0 Å². The largest absolute Gasteiger partial charge is 0.295 e. The fraction of sp³-hybridized carbons (Fsp3) is 0.462. The van der Waals surface area contributed by atoms with Gasteiger partial charge in [-0.2, -0.15) is 5.26 Å². The number of nitrogens with zero attached hydrogens (tertiary/aromatic N) is 2. The molecule has 15 heavy (non-hydrogen) atoms. The molecule has 2 rings (SSSR count). The van der Waals surface area contributed by atoms with Gasteiger partial charge < -0.3 is 0 Å². The molecule has 0 N–H and O–H groups in total. The molecule has 0 radical (unpaired) electrons. The van der Waals surface area contributed by atoms with Crippen LogP contribution in [0.5, 0.6) is 0 Å². The summed E-state index contributed by atoms with van der Waals surface area (Å²) >= 11 is 0. The molecule has 2 nitrogen and oxygen atoms in total. The smallest absolute Gasteiger partial charge is 0.0635 e. The molecule has 1 saturated heterocycles. The predicted octanol–water partition coefficient (Wildman–Crippen LogP) is 2.74. The van der Waals surface area contributed by atoms with E-state index >= 15 is 0 Å². The monoisotopic (exact) mass is 200 g/mol. The molecule has 0 bridgehead atoms. The van der Waals surface area contributed by atoms with Crippen molar-refractivity contribution in [3.63, 3.8) is 0 Å². The first-order valence-electron chi connectivity index (χ1n) is 5.58. The lowest BCUT2D eigenvalue weighted by atomic mass is 10.0. The molecule has 78 valence electrons. The average molecular weight is 200 g/mol. The number of likely N-dealkylation sites (tertiary alicyclic amines) is 1. The van der Waals surface area contributed by atoms with Gasteiger partial charge in [0.1, 0.15) is 0 Å². The van der Waals surface area contributed by atoms with E-state index in [1.165, 1.54) is 18.4 Å². The summed E-state index contributed by atoms with van der Waals surface area (Å²) in [6.07, 6.45) is 3.13. The minimum Gasteiger partial charge on any atom is -0.295 e. The number of rotatable bonds is 3. The van der Waals surface area contributed by atoms with E-state index in [4.69, 9.17) is 5.26 Å². The van der Waals surface area contributed by atoms with E-state index in [0.29, 0.717) is 12.5 Å². The van der Waals surface area contributed by atoms with Crippen LogP contribution in [0, 0.1) is 11.3 Å². The minimum atomic E-state index is 0.541. The van der Waals surface area contributed by atoms with Crippen molar-refractivity contribution in [2.24, 2.45) is 0 Å². The first kappa shape index (κ1) is 10.2. The van der Waals surface area contributed by atoms with E-state index in [0.717, 1.165) is 13.1 Å². The molecule has 0 spiro atoms. The maximum Gasteiger partial charge on any atom is 0.0635 e. The quantitative estimate of drug-likeness (QED) is 0.750. The fourth-order valence-electron chi connectivity index (χ4n) is 2.34. The Morgan fingerprint density at radius 2 is 2.13 bits per heavy atom. The van der Waals surface area contributed by atoms with E-state index in [2.05, 4.69) is 41.3 Å². The molecule has 0 saturated carbocycles. The second-order valence-corrected chi connectivity index (χ2v) is 4.01. The summed E-state index contributed by atoms with van der Waals surface area (Å²) < 4.78 is 0. The van der Waals surface area contributed by atoms with Gasteiger partial charge in [0.15, 0.2) is 0 Å². The molecular weight excluding hydrogens is 184 g/mol. The van der Waals surface area contributed by atoms with Gasteiger partial charge in [0.2, 0.25) is 0 Å². The van der Waals surface area contributed by atoms with E-state index < -0.39 is 0 Å². The molecule has 0 aliphatic carbocycles. The van der Waals surface area contributed by atoms with E-state index in [-0.39, 0.29) is 0 Å². The van der Waals surface area contributed by atoms with Gasteiger partial charge in [-0.15, -0.1) is 0 Å². The molecule has 1 aliphatic heterocycles. The van der Waals surface area contributed by atoms with Crippen LogP contribution in [0.25, 0.3) is 0 Å². The molecule has 0 amide bonds. The summed E-state index contributed by atoms with van der Waals surface area (Å²) in [6.45, 7) is 2.05. The van der Waals surface area contributed by atoms with Crippen molar-refractivity contribution >= 4 is 0 Å². The van der Waals surface area contributed by atoms with Gasteiger partial charge in [0.05, 0.1) is 6.07 Å². The topological polar surface area (TPSA) is 27.0 Å². The van der Waals surface area contributed by atoms with Crippen molar-refractivity contribution in [2.75, 3.05) is 13.1 Å². The summed E-state index contributed by atoms with van der Waals surface area (Å²) in [5.41, 5.74) is 1.40. The van der Waals surface area contributed by atoms with E-state index in [9.17, 15) is 0 Å². The number of hydrogen-bond acceptors (Lipinski definition) is 2. The molecule has 1 atom stereocenters. The molecule has 1 aliphatic rings. The van der Waals surface area contributed by atoms with Gasteiger partial charge in [-0.3, -0.25) is 4.90 Å². The third kappa shape index (κ3) is 2.37. The van der Waals surface area contributed by atoms with Crippen LogP contribution in [0.15, 0.2) is 30.3 Å². The number of benzene rings is 1. The molecule has 0 aromatic heterocycles. The Bertz CT molecular complexity index is 339. The first-order valence-corrected chi connectivity index (χ1v) is 5.58. The lowest BCUT2D eigenvalue weighted by molar-refractivity contribution is 0.263. The average Bonchev–Trinajstić information content (AvgIpc) is 2.75. The summed E-state index contributed by atoms with van der Waals surface area (Å²) in [5.74, 6) is 0. The van der Waals surface area contributed by atoms with Gasteiger partial charge in [0, 0.05) is 19.0 Å². The maximum atomic E-state index is 8.61. The lowest BCUT2D eigenvalue weighted by Gasteiger charge is -2.23. The first-order chi connectivity index (χ1) is 7.42. The second kappa shape index (κ2) is 4.95. The van der Waals surface area contributed by atoms with Crippen molar-refractivity contribution in [3.8, 4) is 6.07 Å². The number of nitriles is 1. The van der Waals surface area contributed by atoms with Gasteiger partial charge in [-0.1, -0.05) is 30.3 Å². The zero-order valence-corrected chi connectivity index (χ0v) is 8.89. The van der Waals surface area contributed by atoms with E-state index in [1.54, 1.807) is 0 Å². The van der Waals surface area contributed by atoms with Crippen LogP contribution >= 0.6 is 0 Å². The van der Waals surface area contributed by atoms with Crippen LogP contribution < -0.4 is 0 Å². The van der Waals surface area contributed by atoms with Crippen molar-refractivity contribution in [1.29, 1.82) is 5.26 Å². The Labute approximate surface area is 91.1 Å². The van der Waals surface area contributed by atoms with Crippen molar-refractivity contribution in [3.05, 3.63) is 35.9 Å².